The zero-order valence-corrected chi connectivity index (χ0v) is 15.4. The quantitative estimate of drug-likeness (QED) is 0.731. The van der Waals surface area contributed by atoms with Crippen LogP contribution in [0.15, 0.2) is 84.7 Å². The minimum absolute atomic E-state index is 0.0125. The molecule has 1 saturated heterocycles. The van der Waals surface area contributed by atoms with Crippen LogP contribution in [0.5, 0.6) is 0 Å². The Bertz CT molecular complexity index is 820. The second kappa shape index (κ2) is 7.31. The number of hydrogen-bond donors (Lipinski definition) is 0. The third kappa shape index (κ3) is 3.35. The fourth-order valence-electron chi connectivity index (χ4n) is 3.87. The SMILES string of the molecule is C=C1CC=C(C)O[C@@H]1N1C(=O)OC[C@H]1C(c1ccccc1)c1ccccc1. The Kier molecular flexibility index (Phi) is 4.71. The Hall–Kier alpha value is -3.01. The lowest BCUT2D eigenvalue weighted by atomic mass is 9.84. The molecule has 2 aromatic carbocycles. The number of hydrogen-bond acceptors (Lipinski definition) is 3. The highest BCUT2D eigenvalue weighted by Gasteiger charge is 2.45. The van der Waals surface area contributed by atoms with E-state index in [1.165, 1.54) is 0 Å². The molecule has 2 atom stereocenters. The van der Waals surface area contributed by atoms with E-state index in [2.05, 4.69) is 30.8 Å². The number of allylic oxidation sites excluding steroid dienone is 2. The molecule has 138 valence electrons. The van der Waals surface area contributed by atoms with Gasteiger partial charge in [-0.3, -0.25) is 4.90 Å². The van der Waals surface area contributed by atoms with Crippen molar-refractivity contribution in [1.29, 1.82) is 0 Å². The zero-order valence-electron chi connectivity index (χ0n) is 15.4. The van der Waals surface area contributed by atoms with E-state index >= 15 is 0 Å². The molecule has 0 spiro atoms. The number of carbonyl (C=O) groups excluding carboxylic acids is 1. The maximum Gasteiger partial charge on any atom is 0.413 e. The Morgan fingerprint density at radius 1 is 1.04 bits per heavy atom. The summed E-state index contributed by atoms with van der Waals surface area (Å²) in [4.78, 5) is 14.4. The van der Waals surface area contributed by atoms with E-state index in [1.54, 1.807) is 4.90 Å². The molecule has 4 rings (SSSR count). The number of nitrogens with zero attached hydrogens (tertiary/aromatic N) is 1. The van der Waals surface area contributed by atoms with Gasteiger partial charge in [0.1, 0.15) is 6.61 Å². The largest absolute Gasteiger partial charge is 0.471 e. The molecule has 2 aliphatic rings. The highest BCUT2D eigenvalue weighted by Crippen LogP contribution is 2.38. The van der Waals surface area contributed by atoms with Gasteiger partial charge in [-0.2, -0.15) is 0 Å². The van der Waals surface area contributed by atoms with E-state index < -0.39 is 6.23 Å². The molecule has 4 heteroatoms. The first-order chi connectivity index (χ1) is 13.1. The van der Waals surface area contributed by atoms with Gasteiger partial charge in [0, 0.05) is 5.92 Å². The van der Waals surface area contributed by atoms with Crippen LogP contribution in [0.1, 0.15) is 30.4 Å². The standard InChI is InChI=1S/C23H23NO3/c1-16-13-14-17(2)27-22(16)24-20(15-26-23(24)25)21(18-9-5-3-6-10-18)19-11-7-4-8-12-19/h3-12,14,20-22H,1,13,15H2,2H3/t20-,22-/m0/s1. The van der Waals surface area contributed by atoms with Crippen LogP contribution in [0, 0.1) is 0 Å². The normalized spacial score (nSPS) is 22.4. The number of rotatable bonds is 4. The van der Waals surface area contributed by atoms with Gasteiger partial charge in [-0.05, 0) is 36.1 Å². The van der Waals surface area contributed by atoms with E-state index in [-0.39, 0.29) is 18.1 Å². The van der Waals surface area contributed by atoms with E-state index in [0.717, 1.165) is 22.5 Å². The molecule has 4 nitrogen and oxygen atoms in total. The number of benzene rings is 2. The Labute approximate surface area is 159 Å². The lowest BCUT2D eigenvalue weighted by Gasteiger charge is -2.37. The van der Waals surface area contributed by atoms with Crippen molar-refractivity contribution in [3.63, 3.8) is 0 Å². The van der Waals surface area contributed by atoms with Crippen molar-refractivity contribution >= 4 is 6.09 Å². The molecule has 0 bridgehead atoms. The van der Waals surface area contributed by atoms with Gasteiger partial charge in [0.25, 0.3) is 0 Å². The lowest BCUT2D eigenvalue weighted by Crippen LogP contribution is -2.47. The van der Waals surface area contributed by atoms with Crippen molar-refractivity contribution in [3.8, 4) is 0 Å². The molecule has 2 aliphatic heterocycles. The van der Waals surface area contributed by atoms with Gasteiger partial charge in [0.2, 0.25) is 0 Å². The molecule has 0 saturated carbocycles. The van der Waals surface area contributed by atoms with Crippen LogP contribution in [0.2, 0.25) is 0 Å². The number of ether oxygens (including phenoxy) is 2. The summed E-state index contributed by atoms with van der Waals surface area (Å²) >= 11 is 0. The topological polar surface area (TPSA) is 38.8 Å². The lowest BCUT2D eigenvalue weighted by molar-refractivity contribution is 0.00828. The number of amides is 1. The maximum absolute atomic E-state index is 12.7. The minimum Gasteiger partial charge on any atom is -0.471 e. The zero-order chi connectivity index (χ0) is 18.8. The van der Waals surface area contributed by atoms with Crippen molar-refractivity contribution in [2.45, 2.75) is 31.5 Å². The summed E-state index contributed by atoms with van der Waals surface area (Å²) in [6.07, 6.45) is 1.85. The van der Waals surface area contributed by atoms with Crippen LogP contribution in [-0.2, 0) is 9.47 Å². The third-order valence-electron chi connectivity index (χ3n) is 5.20. The van der Waals surface area contributed by atoms with Gasteiger partial charge in [-0.25, -0.2) is 4.79 Å². The molecule has 1 amide bonds. The van der Waals surface area contributed by atoms with Crippen molar-refractivity contribution < 1.29 is 14.3 Å². The fourth-order valence-corrected chi connectivity index (χ4v) is 3.87. The Morgan fingerprint density at radius 2 is 1.63 bits per heavy atom. The summed E-state index contributed by atoms with van der Waals surface area (Å²) in [5, 5.41) is 0. The van der Waals surface area contributed by atoms with Crippen LogP contribution >= 0.6 is 0 Å². The molecule has 2 heterocycles. The van der Waals surface area contributed by atoms with E-state index in [1.807, 2.05) is 49.4 Å². The summed E-state index contributed by atoms with van der Waals surface area (Å²) in [6, 6.07) is 20.3. The molecule has 27 heavy (non-hydrogen) atoms. The number of carbonyl (C=O) groups is 1. The van der Waals surface area contributed by atoms with Crippen LogP contribution in [0.4, 0.5) is 4.79 Å². The van der Waals surface area contributed by atoms with Crippen molar-refractivity contribution in [3.05, 3.63) is 95.8 Å². The molecule has 0 N–H and O–H groups in total. The van der Waals surface area contributed by atoms with Crippen LogP contribution < -0.4 is 0 Å². The van der Waals surface area contributed by atoms with E-state index in [0.29, 0.717) is 13.0 Å². The molecule has 0 aliphatic carbocycles. The first-order valence-electron chi connectivity index (χ1n) is 9.21. The second-order valence-electron chi connectivity index (χ2n) is 7.00. The highest BCUT2D eigenvalue weighted by atomic mass is 16.6. The van der Waals surface area contributed by atoms with Crippen molar-refractivity contribution in [2.24, 2.45) is 0 Å². The molecular formula is C23H23NO3. The van der Waals surface area contributed by atoms with Gasteiger partial charge >= 0.3 is 6.09 Å². The van der Waals surface area contributed by atoms with Gasteiger partial charge in [0.15, 0.2) is 6.23 Å². The average molecular weight is 361 g/mol. The average Bonchev–Trinajstić information content (AvgIpc) is 3.07. The van der Waals surface area contributed by atoms with Crippen molar-refractivity contribution in [1.82, 2.24) is 4.90 Å². The summed E-state index contributed by atoms with van der Waals surface area (Å²) in [5.74, 6) is 0.795. The Morgan fingerprint density at radius 3 is 2.22 bits per heavy atom. The molecule has 1 fully saturated rings. The molecular weight excluding hydrogens is 338 g/mol. The minimum atomic E-state index is -0.495. The van der Waals surface area contributed by atoms with Crippen molar-refractivity contribution in [2.75, 3.05) is 6.61 Å². The molecule has 0 radical (unpaired) electrons. The predicted octanol–water partition coefficient (Wildman–Crippen LogP) is 4.85. The number of cyclic esters (lactones) is 1. The summed E-state index contributed by atoms with van der Waals surface area (Å²) < 4.78 is 11.5. The molecule has 0 aromatic heterocycles. The molecule has 2 aromatic rings. The van der Waals surface area contributed by atoms with Gasteiger partial charge < -0.3 is 9.47 Å². The van der Waals surface area contributed by atoms with Gasteiger partial charge in [-0.1, -0.05) is 67.2 Å². The first-order valence-corrected chi connectivity index (χ1v) is 9.21. The van der Waals surface area contributed by atoms with E-state index in [4.69, 9.17) is 9.47 Å². The van der Waals surface area contributed by atoms with E-state index in [9.17, 15) is 4.79 Å². The second-order valence-corrected chi connectivity index (χ2v) is 7.00. The smallest absolute Gasteiger partial charge is 0.413 e. The van der Waals surface area contributed by atoms with Crippen LogP contribution in [0.25, 0.3) is 0 Å². The third-order valence-corrected chi connectivity index (χ3v) is 5.20. The fraction of sp³-hybridized carbons (Fsp3) is 0.261. The summed E-state index contributed by atoms with van der Waals surface area (Å²) in [6.45, 7) is 6.36. The first kappa shape index (κ1) is 17.4. The maximum atomic E-state index is 12.7. The van der Waals surface area contributed by atoms with Gasteiger partial charge in [0.05, 0.1) is 11.8 Å². The molecule has 0 unspecified atom stereocenters. The monoisotopic (exact) mass is 361 g/mol. The van der Waals surface area contributed by atoms with Gasteiger partial charge in [-0.15, -0.1) is 0 Å². The summed E-state index contributed by atoms with van der Waals surface area (Å²) in [7, 11) is 0. The van der Waals surface area contributed by atoms with Crippen LogP contribution in [-0.4, -0.2) is 29.9 Å². The Balaban J connectivity index is 1.76. The van der Waals surface area contributed by atoms with Crippen LogP contribution in [0.3, 0.4) is 0 Å². The highest BCUT2D eigenvalue weighted by molar-refractivity contribution is 5.71. The summed E-state index contributed by atoms with van der Waals surface area (Å²) in [5.41, 5.74) is 3.15. The predicted molar refractivity (Wildman–Crippen MR) is 104 cm³/mol.